The molecular formula is C62H105NO5. The summed E-state index contributed by atoms with van der Waals surface area (Å²) in [4.78, 5) is 26.2. The zero-order valence-electron chi connectivity index (χ0n) is 44.2. The van der Waals surface area contributed by atoms with Crippen LogP contribution < -0.4 is 5.32 Å². The molecule has 0 aliphatic rings. The zero-order chi connectivity index (χ0) is 49.5. The van der Waals surface area contributed by atoms with E-state index in [0.717, 1.165) is 77.0 Å². The Balaban J connectivity index is 4.71. The molecule has 6 heteroatoms. The van der Waals surface area contributed by atoms with Crippen molar-refractivity contribution in [3.63, 3.8) is 0 Å². The van der Waals surface area contributed by atoms with E-state index in [2.05, 4.69) is 74.7 Å². The highest BCUT2D eigenvalue weighted by Gasteiger charge is 2.24. The number of allylic oxidation sites excluding steroid dienone is 18. The Bertz CT molecular complexity index is 1380. The third-order valence-corrected chi connectivity index (χ3v) is 12.2. The molecule has 0 radical (unpaired) electrons. The van der Waals surface area contributed by atoms with Gasteiger partial charge < -0.3 is 20.3 Å². The van der Waals surface area contributed by atoms with Crippen LogP contribution in [0.2, 0.25) is 0 Å². The lowest BCUT2D eigenvalue weighted by molar-refractivity contribution is -0.151. The number of carbonyl (C=O) groups excluding carboxylic acids is 2. The largest absolute Gasteiger partial charge is 0.462 e. The molecule has 0 aliphatic heterocycles. The number of aliphatic hydroxyl groups excluding tert-OH is 2. The number of rotatable bonds is 49. The summed E-state index contributed by atoms with van der Waals surface area (Å²) >= 11 is 0. The average Bonchev–Trinajstić information content (AvgIpc) is 3.33. The van der Waals surface area contributed by atoms with E-state index in [1.807, 2.05) is 60.8 Å². The van der Waals surface area contributed by atoms with E-state index < -0.39 is 18.2 Å². The van der Waals surface area contributed by atoms with Crippen molar-refractivity contribution in [2.45, 2.75) is 264 Å². The fraction of sp³-hybridized carbons (Fsp3) is 0.677. The van der Waals surface area contributed by atoms with Crippen LogP contribution in [-0.4, -0.2) is 46.9 Å². The maximum atomic E-state index is 13.2. The fourth-order valence-corrected chi connectivity index (χ4v) is 8.00. The molecule has 0 saturated carbocycles. The Labute approximate surface area is 419 Å². The Morgan fingerprint density at radius 2 is 0.868 bits per heavy atom. The number of nitrogens with one attached hydrogen (secondary N) is 1. The average molecular weight is 945 g/mol. The molecule has 0 aromatic carbocycles. The molecule has 0 heterocycles. The normalized spacial score (nSPS) is 14.0. The molecular weight excluding hydrogens is 839 g/mol. The van der Waals surface area contributed by atoms with Gasteiger partial charge in [-0.25, -0.2) is 0 Å². The van der Waals surface area contributed by atoms with Crippen molar-refractivity contribution >= 4 is 11.9 Å². The highest BCUT2D eigenvalue weighted by atomic mass is 16.5. The lowest BCUT2D eigenvalue weighted by Gasteiger charge is -2.24. The number of amides is 1. The molecule has 0 aromatic rings. The van der Waals surface area contributed by atoms with Crippen LogP contribution in [-0.2, 0) is 14.3 Å². The number of unbranched alkanes of at least 4 members (excludes halogenated alkanes) is 24. The molecule has 0 aliphatic carbocycles. The van der Waals surface area contributed by atoms with Crippen LogP contribution >= 0.6 is 0 Å². The fourth-order valence-electron chi connectivity index (χ4n) is 8.00. The minimum Gasteiger partial charge on any atom is -0.462 e. The quantitative estimate of drug-likeness (QED) is 0.0244. The van der Waals surface area contributed by atoms with E-state index in [9.17, 15) is 19.8 Å². The van der Waals surface area contributed by atoms with E-state index in [1.165, 1.54) is 122 Å². The zero-order valence-corrected chi connectivity index (χ0v) is 44.2. The molecule has 3 unspecified atom stereocenters. The van der Waals surface area contributed by atoms with E-state index in [1.54, 1.807) is 0 Å². The van der Waals surface area contributed by atoms with Gasteiger partial charge in [-0.1, -0.05) is 265 Å². The topological polar surface area (TPSA) is 95.9 Å². The number of hydrogen-bond acceptors (Lipinski definition) is 5. The van der Waals surface area contributed by atoms with Gasteiger partial charge in [0.15, 0.2) is 0 Å². The van der Waals surface area contributed by atoms with Gasteiger partial charge in [-0.2, -0.15) is 0 Å². The number of esters is 1. The summed E-state index contributed by atoms with van der Waals surface area (Å²) in [5.41, 5.74) is 0. The lowest BCUT2D eigenvalue weighted by Crippen LogP contribution is -2.46. The Morgan fingerprint density at radius 3 is 1.38 bits per heavy atom. The monoisotopic (exact) mass is 944 g/mol. The van der Waals surface area contributed by atoms with E-state index in [4.69, 9.17) is 4.74 Å². The van der Waals surface area contributed by atoms with Crippen molar-refractivity contribution < 1.29 is 24.5 Å². The lowest BCUT2D eigenvalue weighted by atomic mass is 10.0. The maximum Gasteiger partial charge on any atom is 0.306 e. The summed E-state index contributed by atoms with van der Waals surface area (Å²) in [6.45, 7) is 6.29. The van der Waals surface area contributed by atoms with Crippen molar-refractivity contribution in [3.8, 4) is 0 Å². The Kier molecular flexibility index (Phi) is 51.7. The van der Waals surface area contributed by atoms with Gasteiger partial charge in [0.1, 0.15) is 6.10 Å². The Morgan fingerprint density at radius 1 is 0.456 bits per heavy atom. The van der Waals surface area contributed by atoms with Crippen molar-refractivity contribution in [2.75, 3.05) is 6.61 Å². The highest BCUT2D eigenvalue weighted by molar-refractivity contribution is 5.77. The van der Waals surface area contributed by atoms with Crippen molar-refractivity contribution in [1.82, 2.24) is 5.32 Å². The summed E-state index contributed by atoms with van der Waals surface area (Å²) in [5.74, 6) is -0.569. The molecule has 6 nitrogen and oxygen atoms in total. The number of carbonyl (C=O) groups is 2. The minimum atomic E-state index is -0.818. The first kappa shape index (κ1) is 64.5. The van der Waals surface area contributed by atoms with Gasteiger partial charge in [-0.15, -0.1) is 0 Å². The standard InChI is InChI=1S/C62H105NO5/c1-4-7-10-13-16-19-22-25-28-29-30-31-34-37-40-43-46-49-52-55-62(67)68-58(53-50-47-44-41-38-35-32-26-23-20-17-14-11-8-5-2)56-61(66)63-59(57-64)60(65)54-51-48-45-42-39-36-33-27-24-21-18-15-12-9-6-3/h8,11,14,16-17,19-20,23,25-26,28,30-32,35,38,41,44,58-60,64-65H,4-7,9-10,12-13,15,18,21-22,24,27,29,33-34,36-37,39-40,42-43,45-57H2,1-3H3,(H,63,66)/b11-8-,17-14+,19-16-,23-20+,28-25-,31-30-,32-26-,38-35+,44-41+. The van der Waals surface area contributed by atoms with E-state index >= 15 is 0 Å². The minimum absolute atomic E-state index is 0.0151. The summed E-state index contributed by atoms with van der Waals surface area (Å²) in [7, 11) is 0. The van der Waals surface area contributed by atoms with Gasteiger partial charge >= 0.3 is 5.97 Å². The third kappa shape index (κ3) is 49.0. The van der Waals surface area contributed by atoms with E-state index in [-0.39, 0.29) is 24.9 Å². The highest BCUT2D eigenvalue weighted by Crippen LogP contribution is 2.17. The molecule has 388 valence electrons. The first-order valence-electron chi connectivity index (χ1n) is 28.2. The second kappa shape index (κ2) is 54.5. The van der Waals surface area contributed by atoms with Crippen LogP contribution in [0.15, 0.2) is 109 Å². The second-order valence-corrected chi connectivity index (χ2v) is 18.8. The maximum absolute atomic E-state index is 13.2. The summed E-state index contributed by atoms with van der Waals surface area (Å²) in [5, 5.41) is 23.8. The first-order chi connectivity index (χ1) is 33.5. The van der Waals surface area contributed by atoms with Crippen LogP contribution in [0.3, 0.4) is 0 Å². The molecule has 0 fully saturated rings. The van der Waals surface area contributed by atoms with E-state index in [0.29, 0.717) is 19.3 Å². The summed E-state index contributed by atoms with van der Waals surface area (Å²) < 4.78 is 5.91. The number of aliphatic hydroxyl groups is 2. The van der Waals surface area contributed by atoms with Gasteiger partial charge in [0.2, 0.25) is 5.91 Å². The molecule has 3 N–H and O–H groups in total. The molecule has 1 amide bonds. The predicted molar refractivity (Wildman–Crippen MR) is 296 cm³/mol. The van der Waals surface area contributed by atoms with Crippen LogP contribution in [0, 0.1) is 0 Å². The first-order valence-corrected chi connectivity index (χ1v) is 28.2. The molecule has 0 aromatic heterocycles. The van der Waals surface area contributed by atoms with Gasteiger partial charge in [-0.3, -0.25) is 9.59 Å². The van der Waals surface area contributed by atoms with Gasteiger partial charge in [0, 0.05) is 6.42 Å². The number of ether oxygens (including phenoxy) is 1. The predicted octanol–water partition coefficient (Wildman–Crippen LogP) is 17.5. The van der Waals surface area contributed by atoms with Gasteiger partial charge in [-0.05, 0) is 77.0 Å². The molecule has 0 spiro atoms. The molecule has 68 heavy (non-hydrogen) atoms. The van der Waals surface area contributed by atoms with Gasteiger partial charge in [0.05, 0.1) is 25.2 Å². The van der Waals surface area contributed by atoms with Gasteiger partial charge in [0.25, 0.3) is 0 Å². The van der Waals surface area contributed by atoms with Crippen LogP contribution in [0.4, 0.5) is 0 Å². The number of hydrogen-bond donors (Lipinski definition) is 3. The second-order valence-electron chi connectivity index (χ2n) is 18.8. The SMILES string of the molecule is CC\C=C/C=C/C=C/C=C\C=C\C=C\CCCC(CC(=O)NC(CO)C(O)CCCCCCCCCCCCCCCCC)OC(=O)CCCCCCCC/C=C\C/C=C\C/C=C\CCCCC. The van der Waals surface area contributed by atoms with Crippen molar-refractivity contribution in [1.29, 1.82) is 0 Å². The summed E-state index contributed by atoms with van der Waals surface area (Å²) in [6, 6.07) is -0.736. The third-order valence-electron chi connectivity index (χ3n) is 12.2. The van der Waals surface area contributed by atoms with Crippen molar-refractivity contribution in [3.05, 3.63) is 109 Å². The van der Waals surface area contributed by atoms with Crippen molar-refractivity contribution in [2.24, 2.45) is 0 Å². The molecule has 3 atom stereocenters. The molecule has 0 saturated heterocycles. The summed E-state index contributed by atoms with van der Waals surface area (Å²) in [6.07, 6.45) is 74.4. The van der Waals surface area contributed by atoms with Crippen LogP contribution in [0.1, 0.15) is 245 Å². The Hall–Kier alpha value is -3.48. The van der Waals surface area contributed by atoms with Crippen LogP contribution in [0.5, 0.6) is 0 Å². The smallest absolute Gasteiger partial charge is 0.306 e. The molecule has 0 bridgehead atoms. The molecule has 0 rings (SSSR count). The van der Waals surface area contributed by atoms with Crippen LogP contribution in [0.25, 0.3) is 0 Å².